The van der Waals surface area contributed by atoms with Gasteiger partial charge in [0.15, 0.2) is 0 Å². The van der Waals surface area contributed by atoms with E-state index in [2.05, 4.69) is 15.3 Å². The largest absolute Gasteiger partial charge is 0.467 e. The molecule has 2 N–H and O–H groups in total. The Morgan fingerprint density at radius 3 is 2.75 bits per heavy atom. The van der Waals surface area contributed by atoms with Crippen LogP contribution in [0.15, 0.2) is 24.5 Å². The minimum absolute atomic E-state index is 0.128. The highest BCUT2D eigenvalue weighted by Crippen LogP contribution is 2.35. The van der Waals surface area contributed by atoms with E-state index < -0.39 is 35.7 Å². The van der Waals surface area contributed by atoms with Crippen molar-refractivity contribution in [2.24, 2.45) is 5.92 Å². The number of hydrogen-bond donors (Lipinski definition) is 2. The minimum atomic E-state index is -0.850. The molecule has 28 heavy (non-hydrogen) atoms. The molecule has 0 saturated carbocycles. The SMILES string of the molecule is COC(=O)[C@H](NC(=O)N1CCc2[nH]cnc2[C@@H]1c1ccc(F)cc1F)C(C)C. The molecular weight excluding hydrogens is 370 g/mol. The Balaban J connectivity index is 1.96. The second kappa shape index (κ2) is 7.95. The number of fused-ring (bicyclic) bond motifs is 1. The summed E-state index contributed by atoms with van der Waals surface area (Å²) in [5.41, 5.74) is 1.40. The van der Waals surface area contributed by atoms with E-state index in [1.54, 1.807) is 13.8 Å². The molecule has 2 heterocycles. The molecule has 1 aromatic carbocycles. The maximum atomic E-state index is 14.5. The van der Waals surface area contributed by atoms with Gasteiger partial charge in [0.25, 0.3) is 0 Å². The number of nitrogens with one attached hydrogen (secondary N) is 2. The third kappa shape index (κ3) is 3.69. The summed E-state index contributed by atoms with van der Waals surface area (Å²) >= 11 is 0. The number of ether oxygens (including phenoxy) is 1. The van der Waals surface area contributed by atoms with Gasteiger partial charge in [0.1, 0.15) is 23.7 Å². The lowest BCUT2D eigenvalue weighted by Gasteiger charge is -2.36. The van der Waals surface area contributed by atoms with Gasteiger partial charge in [0.2, 0.25) is 0 Å². The van der Waals surface area contributed by atoms with Gasteiger partial charge in [-0.15, -0.1) is 0 Å². The molecular formula is C19H22F2N4O3. The van der Waals surface area contributed by atoms with E-state index in [0.29, 0.717) is 12.1 Å². The van der Waals surface area contributed by atoms with E-state index in [1.165, 1.54) is 24.4 Å². The number of amides is 2. The summed E-state index contributed by atoms with van der Waals surface area (Å²) in [6.07, 6.45) is 1.97. The van der Waals surface area contributed by atoms with E-state index in [1.807, 2.05) is 0 Å². The number of imidazole rings is 1. The molecule has 0 spiro atoms. The van der Waals surface area contributed by atoms with Crippen molar-refractivity contribution in [3.8, 4) is 0 Å². The Kier molecular flexibility index (Phi) is 5.62. The fraction of sp³-hybridized carbons (Fsp3) is 0.421. The Morgan fingerprint density at radius 1 is 1.36 bits per heavy atom. The first kappa shape index (κ1) is 19.8. The summed E-state index contributed by atoms with van der Waals surface area (Å²) in [7, 11) is 1.25. The summed E-state index contributed by atoms with van der Waals surface area (Å²) in [4.78, 5) is 33.6. The highest BCUT2D eigenvalue weighted by atomic mass is 19.1. The van der Waals surface area contributed by atoms with E-state index in [-0.39, 0.29) is 18.0 Å². The smallest absolute Gasteiger partial charge is 0.328 e. The van der Waals surface area contributed by atoms with E-state index >= 15 is 0 Å². The van der Waals surface area contributed by atoms with Crippen LogP contribution in [-0.4, -0.2) is 46.6 Å². The Hall–Kier alpha value is -2.97. The molecule has 0 fully saturated rings. The molecule has 0 saturated heterocycles. The number of esters is 1. The van der Waals surface area contributed by atoms with Gasteiger partial charge in [-0.1, -0.05) is 19.9 Å². The normalized spacial score (nSPS) is 17.2. The van der Waals surface area contributed by atoms with Crippen LogP contribution in [0.1, 0.15) is 36.8 Å². The number of carbonyl (C=O) groups is 2. The summed E-state index contributed by atoms with van der Waals surface area (Å²) in [5, 5.41) is 2.67. The van der Waals surface area contributed by atoms with Gasteiger partial charge < -0.3 is 19.9 Å². The first-order valence-corrected chi connectivity index (χ1v) is 8.95. The van der Waals surface area contributed by atoms with Gasteiger partial charge in [-0.3, -0.25) is 0 Å². The Morgan fingerprint density at radius 2 is 2.11 bits per heavy atom. The van der Waals surface area contributed by atoms with Crippen LogP contribution in [-0.2, 0) is 16.0 Å². The molecule has 2 amide bonds. The number of nitrogens with zero attached hydrogens (tertiary/aromatic N) is 2. The molecule has 7 nitrogen and oxygen atoms in total. The first-order valence-electron chi connectivity index (χ1n) is 8.95. The van der Waals surface area contributed by atoms with Gasteiger partial charge in [-0.05, 0) is 12.0 Å². The standard InChI is InChI=1S/C19H22F2N4O3/c1-10(2)15(18(26)28-3)24-19(27)25-7-6-14-16(23-9-22-14)17(25)12-5-4-11(20)8-13(12)21/h4-5,8-10,15,17H,6-7H2,1-3H3,(H,22,23)(H,24,27)/t15-,17+/m1/s1. The number of rotatable bonds is 4. The number of aromatic amines is 1. The quantitative estimate of drug-likeness (QED) is 0.783. The van der Waals surface area contributed by atoms with Crippen LogP contribution in [0.5, 0.6) is 0 Å². The fourth-order valence-corrected chi connectivity index (χ4v) is 3.37. The zero-order valence-electron chi connectivity index (χ0n) is 15.8. The average molecular weight is 392 g/mol. The number of carbonyl (C=O) groups excluding carboxylic acids is 2. The first-order chi connectivity index (χ1) is 13.3. The van der Waals surface area contributed by atoms with Crippen LogP contribution >= 0.6 is 0 Å². The summed E-state index contributed by atoms with van der Waals surface area (Å²) < 4.78 is 32.7. The van der Waals surface area contributed by atoms with Crippen molar-refractivity contribution in [2.75, 3.05) is 13.7 Å². The van der Waals surface area contributed by atoms with Gasteiger partial charge in [0, 0.05) is 30.3 Å². The van der Waals surface area contributed by atoms with E-state index in [9.17, 15) is 18.4 Å². The summed E-state index contributed by atoms with van der Waals surface area (Å²) in [6, 6.07) is 0.974. The third-order valence-corrected chi connectivity index (χ3v) is 4.84. The molecule has 2 atom stereocenters. The topological polar surface area (TPSA) is 87.3 Å². The highest BCUT2D eigenvalue weighted by molar-refractivity contribution is 5.84. The molecule has 3 rings (SSSR count). The molecule has 1 aromatic heterocycles. The van der Waals surface area contributed by atoms with Gasteiger partial charge in [-0.2, -0.15) is 0 Å². The number of halogens is 2. The zero-order valence-corrected chi connectivity index (χ0v) is 15.8. The van der Waals surface area contributed by atoms with Crippen LogP contribution in [0.25, 0.3) is 0 Å². The van der Waals surface area contributed by atoms with Crippen molar-refractivity contribution >= 4 is 12.0 Å². The molecule has 0 unspecified atom stereocenters. The van der Waals surface area contributed by atoms with Crippen molar-refractivity contribution in [1.29, 1.82) is 0 Å². The Labute approximate surface area is 161 Å². The highest BCUT2D eigenvalue weighted by Gasteiger charge is 2.37. The van der Waals surface area contributed by atoms with Gasteiger partial charge in [0.05, 0.1) is 19.1 Å². The van der Waals surface area contributed by atoms with Crippen LogP contribution in [0.3, 0.4) is 0 Å². The number of methoxy groups -OCH3 is 1. The maximum Gasteiger partial charge on any atom is 0.328 e. The van der Waals surface area contributed by atoms with Gasteiger partial charge >= 0.3 is 12.0 Å². The summed E-state index contributed by atoms with van der Waals surface area (Å²) in [5.74, 6) is -2.25. The lowest BCUT2D eigenvalue weighted by atomic mass is 9.95. The van der Waals surface area contributed by atoms with Crippen molar-refractivity contribution < 1.29 is 23.1 Å². The number of benzene rings is 1. The van der Waals surface area contributed by atoms with E-state index in [0.717, 1.165) is 17.8 Å². The monoisotopic (exact) mass is 392 g/mol. The maximum absolute atomic E-state index is 14.5. The van der Waals surface area contributed by atoms with Crippen molar-refractivity contribution in [2.45, 2.75) is 32.4 Å². The molecule has 0 radical (unpaired) electrons. The molecule has 1 aliphatic rings. The zero-order chi connectivity index (χ0) is 20.4. The lowest BCUT2D eigenvalue weighted by Crippen LogP contribution is -2.53. The van der Waals surface area contributed by atoms with Crippen molar-refractivity contribution in [3.05, 3.63) is 53.1 Å². The predicted octanol–water partition coefficient (Wildman–Crippen LogP) is 2.54. The van der Waals surface area contributed by atoms with Crippen molar-refractivity contribution in [1.82, 2.24) is 20.2 Å². The van der Waals surface area contributed by atoms with Crippen molar-refractivity contribution in [3.63, 3.8) is 0 Å². The number of urea groups is 1. The van der Waals surface area contributed by atoms with Crippen LogP contribution in [0.4, 0.5) is 13.6 Å². The molecule has 9 heteroatoms. The van der Waals surface area contributed by atoms with Crippen LogP contribution < -0.4 is 5.32 Å². The lowest BCUT2D eigenvalue weighted by molar-refractivity contribution is -0.144. The molecule has 2 aromatic rings. The third-order valence-electron chi connectivity index (χ3n) is 4.84. The molecule has 0 bridgehead atoms. The van der Waals surface area contributed by atoms with E-state index in [4.69, 9.17) is 4.74 Å². The molecule has 1 aliphatic heterocycles. The predicted molar refractivity (Wildman–Crippen MR) is 96.4 cm³/mol. The molecule has 150 valence electrons. The Bertz CT molecular complexity index is 884. The second-order valence-corrected chi connectivity index (χ2v) is 6.97. The second-order valence-electron chi connectivity index (χ2n) is 6.97. The molecule has 0 aliphatic carbocycles. The number of hydrogen-bond acceptors (Lipinski definition) is 4. The van der Waals surface area contributed by atoms with Gasteiger partial charge in [-0.25, -0.2) is 23.4 Å². The summed E-state index contributed by atoms with van der Waals surface area (Å²) in [6.45, 7) is 3.83. The average Bonchev–Trinajstić information content (AvgIpc) is 3.13. The number of H-pyrrole nitrogens is 1. The van der Waals surface area contributed by atoms with Crippen LogP contribution in [0, 0.1) is 17.6 Å². The van der Waals surface area contributed by atoms with Crippen LogP contribution in [0.2, 0.25) is 0 Å². The number of aromatic nitrogens is 2. The fourth-order valence-electron chi connectivity index (χ4n) is 3.37. The minimum Gasteiger partial charge on any atom is -0.467 e.